The summed E-state index contributed by atoms with van der Waals surface area (Å²) in [5.41, 5.74) is 5.37. The van der Waals surface area contributed by atoms with E-state index in [9.17, 15) is 0 Å². The van der Waals surface area contributed by atoms with Gasteiger partial charge in [-0.15, -0.1) is 0 Å². The number of nitrogens with two attached hydrogens (primary N) is 1. The van der Waals surface area contributed by atoms with Crippen molar-refractivity contribution in [3.63, 3.8) is 0 Å². The summed E-state index contributed by atoms with van der Waals surface area (Å²) in [6, 6.07) is 0.461. The van der Waals surface area contributed by atoms with Gasteiger partial charge in [0.05, 0.1) is 4.99 Å². The maximum atomic E-state index is 5.37. The van der Waals surface area contributed by atoms with Crippen molar-refractivity contribution >= 4 is 17.2 Å². The van der Waals surface area contributed by atoms with Crippen molar-refractivity contribution in [2.45, 2.75) is 18.9 Å². The van der Waals surface area contributed by atoms with Gasteiger partial charge in [-0.05, 0) is 12.8 Å². The van der Waals surface area contributed by atoms with Crippen LogP contribution in [0, 0.1) is 0 Å². The maximum Gasteiger partial charge on any atom is 0.0756 e. The van der Waals surface area contributed by atoms with Gasteiger partial charge < -0.3 is 11.1 Å². The first-order chi connectivity index (χ1) is 3.83. The zero-order chi connectivity index (χ0) is 5.98. The molecular formula is C5H10N2S. The van der Waals surface area contributed by atoms with Crippen LogP contribution in [0.25, 0.3) is 0 Å². The summed E-state index contributed by atoms with van der Waals surface area (Å²) in [6.45, 7) is 0.708. The van der Waals surface area contributed by atoms with Crippen LogP contribution >= 0.6 is 12.2 Å². The fraction of sp³-hybridized carbons (Fsp3) is 0.800. The van der Waals surface area contributed by atoms with Crippen LogP contribution in [0.3, 0.4) is 0 Å². The van der Waals surface area contributed by atoms with E-state index in [-0.39, 0.29) is 0 Å². The predicted octanol–water partition coefficient (Wildman–Crippen LogP) is 0.0245. The Morgan fingerprint density at radius 2 is 2.62 bits per heavy atom. The first-order valence-corrected chi connectivity index (χ1v) is 3.23. The molecule has 1 saturated heterocycles. The van der Waals surface area contributed by atoms with Gasteiger partial charge >= 0.3 is 0 Å². The maximum absolute atomic E-state index is 5.37. The normalized spacial score (nSPS) is 28.1. The summed E-state index contributed by atoms with van der Waals surface area (Å²) < 4.78 is 0. The van der Waals surface area contributed by atoms with Crippen molar-refractivity contribution < 1.29 is 0 Å². The second kappa shape index (κ2) is 2.42. The fourth-order valence-electron chi connectivity index (χ4n) is 0.854. The Balaban J connectivity index is 2.32. The highest BCUT2D eigenvalue weighted by Gasteiger charge is 2.14. The molecule has 0 aromatic rings. The Morgan fingerprint density at radius 1 is 1.88 bits per heavy atom. The van der Waals surface area contributed by atoms with Gasteiger partial charge in [0.1, 0.15) is 0 Å². The molecule has 3 heteroatoms. The van der Waals surface area contributed by atoms with E-state index in [0.29, 0.717) is 12.6 Å². The molecule has 1 aliphatic rings. The van der Waals surface area contributed by atoms with E-state index in [2.05, 4.69) is 5.32 Å². The Hall–Kier alpha value is -0.150. The van der Waals surface area contributed by atoms with Crippen LogP contribution in [0.2, 0.25) is 0 Å². The van der Waals surface area contributed by atoms with E-state index in [1.165, 1.54) is 0 Å². The zero-order valence-electron chi connectivity index (χ0n) is 4.68. The molecular weight excluding hydrogens is 120 g/mol. The zero-order valence-corrected chi connectivity index (χ0v) is 5.50. The quantitative estimate of drug-likeness (QED) is 0.492. The average molecular weight is 130 g/mol. The van der Waals surface area contributed by atoms with Crippen molar-refractivity contribution in [1.82, 2.24) is 5.32 Å². The Kier molecular flexibility index (Phi) is 1.81. The van der Waals surface area contributed by atoms with E-state index in [4.69, 9.17) is 18.0 Å². The molecule has 0 radical (unpaired) electrons. The number of hydrogen-bond acceptors (Lipinski definition) is 2. The van der Waals surface area contributed by atoms with Gasteiger partial charge in [-0.25, -0.2) is 0 Å². The summed E-state index contributed by atoms with van der Waals surface area (Å²) in [5, 5.41) is 3.11. The lowest BCUT2D eigenvalue weighted by Crippen LogP contribution is -2.31. The standard InChI is InChI=1S/C5H10N2S/c6-3-4-1-2-5(8)7-4/h4H,1-3,6H2,(H,7,8). The van der Waals surface area contributed by atoms with Crippen molar-refractivity contribution in [3.8, 4) is 0 Å². The molecule has 0 bridgehead atoms. The van der Waals surface area contributed by atoms with Gasteiger partial charge in [-0.3, -0.25) is 0 Å². The minimum absolute atomic E-state index is 0.461. The molecule has 0 spiro atoms. The molecule has 0 saturated carbocycles. The predicted molar refractivity (Wildman–Crippen MR) is 37.8 cm³/mol. The second-order valence-electron chi connectivity index (χ2n) is 2.04. The van der Waals surface area contributed by atoms with Crippen LogP contribution in [0.15, 0.2) is 0 Å². The SMILES string of the molecule is NCC1CCC(=S)N1. The topological polar surface area (TPSA) is 38.0 Å². The van der Waals surface area contributed by atoms with Crippen molar-refractivity contribution in [1.29, 1.82) is 0 Å². The molecule has 1 aliphatic heterocycles. The minimum Gasteiger partial charge on any atom is -0.376 e. The molecule has 2 nitrogen and oxygen atoms in total. The summed E-state index contributed by atoms with van der Waals surface area (Å²) in [6.07, 6.45) is 2.15. The first-order valence-electron chi connectivity index (χ1n) is 2.82. The van der Waals surface area contributed by atoms with Crippen LogP contribution in [-0.2, 0) is 0 Å². The molecule has 1 fully saturated rings. The van der Waals surface area contributed by atoms with Crippen LogP contribution in [-0.4, -0.2) is 17.6 Å². The van der Waals surface area contributed by atoms with E-state index in [0.717, 1.165) is 17.8 Å². The van der Waals surface area contributed by atoms with Crippen LogP contribution < -0.4 is 11.1 Å². The molecule has 0 aliphatic carbocycles. The first kappa shape index (κ1) is 5.98. The van der Waals surface area contributed by atoms with E-state index in [1.807, 2.05) is 0 Å². The second-order valence-corrected chi connectivity index (χ2v) is 2.53. The Labute approximate surface area is 54.4 Å². The summed E-state index contributed by atoms with van der Waals surface area (Å²) >= 11 is 4.90. The lowest BCUT2D eigenvalue weighted by atomic mass is 10.2. The lowest BCUT2D eigenvalue weighted by molar-refractivity contribution is 0.639. The molecule has 46 valence electrons. The van der Waals surface area contributed by atoms with Gasteiger partial charge in [-0.1, -0.05) is 12.2 Å². The molecule has 3 N–H and O–H groups in total. The number of thiocarbonyl (C=S) groups is 1. The summed E-state index contributed by atoms with van der Waals surface area (Å²) in [7, 11) is 0. The highest BCUT2D eigenvalue weighted by molar-refractivity contribution is 7.80. The molecule has 1 heterocycles. The monoisotopic (exact) mass is 130 g/mol. The minimum atomic E-state index is 0.461. The van der Waals surface area contributed by atoms with Crippen molar-refractivity contribution in [2.24, 2.45) is 5.73 Å². The van der Waals surface area contributed by atoms with Gasteiger partial charge in [0.15, 0.2) is 0 Å². The fourth-order valence-corrected chi connectivity index (χ4v) is 1.14. The van der Waals surface area contributed by atoms with Crippen LogP contribution in [0.5, 0.6) is 0 Å². The average Bonchev–Trinajstić information content (AvgIpc) is 2.14. The molecule has 1 unspecified atom stereocenters. The van der Waals surface area contributed by atoms with Gasteiger partial charge in [0.25, 0.3) is 0 Å². The third kappa shape index (κ3) is 1.17. The Bertz CT molecular complexity index is 103. The van der Waals surface area contributed by atoms with E-state index in [1.54, 1.807) is 0 Å². The third-order valence-corrected chi connectivity index (χ3v) is 1.69. The summed E-state index contributed by atoms with van der Waals surface area (Å²) in [5.74, 6) is 0. The smallest absolute Gasteiger partial charge is 0.0756 e. The highest BCUT2D eigenvalue weighted by atomic mass is 32.1. The van der Waals surface area contributed by atoms with Crippen LogP contribution in [0.1, 0.15) is 12.8 Å². The molecule has 1 rings (SSSR count). The van der Waals surface area contributed by atoms with Gasteiger partial charge in [-0.2, -0.15) is 0 Å². The number of rotatable bonds is 1. The number of nitrogens with one attached hydrogen (secondary N) is 1. The molecule has 0 aromatic heterocycles. The van der Waals surface area contributed by atoms with Gasteiger partial charge in [0.2, 0.25) is 0 Å². The largest absolute Gasteiger partial charge is 0.376 e. The van der Waals surface area contributed by atoms with E-state index < -0.39 is 0 Å². The summed E-state index contributed by atoms with van der Waals surface area (Å²) in [4.78, 5) is 0.973. The molecule has 1 atom stereocenters. The number of hydrogen-bond donors (Lipinski definition) is 2. The highest BCUT2D eigenvalue weighted by Crippen LogP contribution is 2.05. The Morgan fingerprint density at radius 3 is 2.88 bits per heavy atom. The van der Waals surface area contributed by atoms with Crippen molar-refractivity contribution in [2.75, 3.05) is 6.54 Å². The van der Waals surface area contributed by atoms with Crippen molar-refractivity contribution in [3.05, 3.63) is 0 Å². The molecule has 8 heavy (non-hydrogen) atoms. The van der Waals surface area contributed by atoms with Gasteiger partial charge in [0, 0.05) is 12.6 Å². The van der Waals surface area contributed by atoms with Crippen LogP contribution in [0.4, 0.5) is 0 Å². The van der Waals surface area contributed by atoms with E-state index >= 15 is 0 Å². The molecule has 0 aromatic carbocycles. The third-order valence-electron chi connectivity index (χ3n) is 1.37. The molecule has 0 amide bonds. The lowest BCUT2D eigenvalue weighted by Gasteiger charge is -2.03.